The molecule has 17 heavy (non-hydrogen) atoms. The average Bonchev–Trinajstić information content (AvgIpc) is 2.25. The van der Waals surface area contributed by atoms with E-state index in [0.717, 1.165) is 5.57 Å². The van der Waals surface area contributed by atoms with Gasteiger partial charge in [0.2, 0.25) is 0 Å². The Balaban J connectivity index is 2.60. The molecule has 0 aromatic rings. The zero-order valence-corrected chi connectivity index (χ0v) is 10.8. The van der Waals surface area contributed by atoms with E-state index in [1.807, 2.05) is 20.9 Å². The lowest BCUT2D eigenvalue weighted by atomic mass is 10.2. The van der Waals surface area contributed by atoms with Gasteiger partial charge in [-0.2, -0.15) is 0 Å². The van der Waals surface area contributed by atoms with E-state index in [-0.39, 0.29) is 6.04 Å². The molecule has 0 unspecified atom stereocenters. The van der Waals surface area contributed by atoms with Gasteiger partial charge in [0.1, 0.15) is 0 Å². The summed E-state index contributed by atoms with van der Waals surface area (Å²) in [6.07, 6.45) is 0. The summed E-state index contributed by atoms with van der Waals surface area (Å²) in [5.41, 5.74) is 0.909. The van der Waals surface area contributed by atoms with Gasteiger partial charge in [-0.25, -0.2) is 0 Å². The van der Waals surface area contributed by atoms with Gasteiger partial charge < -0.3 is 15.1 Å². The van der Waals surface area contributed by atoms with Crippen LogP contribution in [-0.4, -0.2) is 60.9 Å². The lowest BCUT2D eigenvalue weighted by molar-refractivity contribution is -0.156. The Labute approximate surface area is 102 Å². The zero-order valence-electron chi connectivity index (χ0n) is 10.8. The number of piperazine rings is 1. The highest BCUT2D eigenvalue weighted by atomic mass is 16.2. The third-order valence-corrected chi connectivity index (χ3v) is 2.81. The fourth-order valence-electron chi connectivity index (χ4n) is 1.91. The minimum atomic E-state index is -0.415. The smallest absolute Gasteiger partial charge is 0.312 e. The van der Waals surface area contributed by atoms with Crippen LogP contribution in [0.2, 0.25) is 0 Å². The molecule has 1 N–H and O–H groups in total. The third kappa shape index (κ3) is 3.30. The van der Waals surface area contributed by atoms with Crippen LogP contribution in [0.1, 0.15) is 13.8 Å². The fraction of sp³-hybridized carbons (Fsp3) is 0.667. The van der Waals surface area contributed by atoms with E-state index in [1.54, 1.807) is 9.80 Å². The standard InChI is InChI=1S/C12H21N3O2/c1-9(2)15-6-5-14(11(16)12(15)17)8-10(3)7-13-4/h9,13H,3,5-8H2,1-2,4H3. The first-order valence-electron chi connectivity index (χ1n) is 5.88. The molecule has 1 aliphatic rings. The van der Waals surface area contributed by atoms with E-state index >= 15 is 0 Å². The second-order valence-electron chi connectivity index (χ2n) is 4.60. The molecule has 96 valence electrons. The van der Waals surface area contributed by atoms with Gasteiger partial charge in [-0.15, -0.1) is 0 Å². The van der Waals surface area contributed by atoms with Gasteiger partial charge in [0.25, 0.3) is 0 Å². The molecule has 1 rings (SSSR count). The summed E-state index contributed by atoms with van der Waals surface area (Å²) >= 11 is 0. The first-order chi connectivity index (χ1) is 7.97. The summed E-state index contributed by atoms with van der Waals surface area (Å²) in [5.74, 6) is -0.814. The molecule has 2 amide bonds. The number of likely N-dealkylation sites (N-methyl/N-ethyl adjacent to an activating group) is 1. The summed E-state index contributed by atoms with van der Waals surface area (Å²) < 4.78 is 0. The molecule has 1 saturated heterocycles. The SMILES string of the molecule is C=C(CNC)CN1CCN(C(C)C)C(=O)C1=O. The predicted octanol–water partition coefficient (Wildman–Crippen LogP) is -0.159. The maximum atomic E-state index is 11.9. The van der Waals surface area contributed by atoms with Gasteiger partial charge in [-0.05, 0) is 26.5 Å². The summed E-state index contributed by atoms with van der Waals surface area (Å²) in [7, 11) is 1.83. The van der Waals surface area contributed by atoms with Crippen LogP contribution in [-0.2, 0) is 9.59 Å². The summed E-state index contributed by atoms with van der Waals surface area (Å²) in [5, 5.41) is 2.98. The minimum absolute atomic E-state index is 0.0779. The van der Waals surface area contributed by atoms with Crippen LogP contribution in [0.15, 0.2) is 12.2 Å². The van der Waals surface area contributed by atoms with Crippen molar-refractivity contribution in [2.45, 2.75) is 19.9 Å². The number of hydrogen-bond donors (Lipinski definition) is 1. The molecule has 1 aliphatic heterocycles. The van der Waals surface area contributed by atoms with E-state index in [2.05, 4.69) is 11.9 Å². The molecule has 0 aliphatic carbocycles. The Kier molecular flexibility index (Phi) is 4.69. The highest BCUT2D eigenvalue weighted by molar-refractivity contribution is 6.35. The molecule has 1 fully saturated rings. The lowest BCUT2D eigenvalue weighted by Crippen LogP contribution is -2.56. The Morgan fingerprint density at radius 3 is 2.53 bits per heavy atom. The fourth-order valence-corrected chi connectivity index (χ4v) is 1.91. The second kappa shape index (κ2) is 5.82. The van der Waals surface area contributed by atoms with Crippen LogP contribution in [0.4, 0.5) is 0 Å². The summed E-state index contributed by atoms with van der Waals surface area (Å²) in [4.78, 5) is 26.8. The number of carbonyl (C=O) groups excluding carboxylic acids is 2. The van der Waals surface area contributed by atoms with Crippen molar-refractivity contribution in [2.75, 3.05) is 33.2 Å². The minimum Gasteiger partial charge on any atom is -0.330 e. The van der Waals surface area contributed by atoms with Crippen LogP contribution in [0.5, 0.6) is 0 Å². The molecule has 0 spiro atoms. The van der Waals surface area contributed by atoms with E-state index in [0.29, 0.717) is 26.2 Å². The summed E-state index contributed by atoms with van der Waals surface area (Å²) in [6.45, 7) is 10.0. The number of nitrogens with one attached hydrogen (secondary N) is 1. The van der Waals surface area contributed by atoms with Crippen molar-refractivity contribution in [3.8, 4) is 0 Å². The molecule has 0 saturated carbocycles. The van der Waals surface area contributed by atoms with E-state index < -0.39 is 11.8 Å². The maximum absolute atomic E-state index is 11.9. The molecule has 0 bridgehead atoms. The number of carbonyl (C=O) groups is 2. The normalized spacial score (nSPS) is 16.9. The van der Waals surface area contributed by atoms with Gasteiger partial charge in [-0.1, -0.05) is 6.58 Å². The van der Waals surface area contributed by atoms with Crippen molar-refractivity contribution < 1.29 is 9.59 Å². The monoisotopic (exact) mass is 239 g/mol. The largest absolute Gasteiger partial charge is 0.330 e. The van der Waals surface area contributed by atoms with E-state index in [9.17, 15) is 9.59 Å². The topological polar surface area (TPSA) is 52.6 Å². The Morgan fingerprint density at radius 1 is 1.35 bits per heavy atom. The highest BCUT2D eigenvalue weighted by Gasteiger charge is 2.33. The van der Waals surface area contributed by atoms with Crippen molar-refractivity contribution >= 4 is 11.8 Å². The molecule has 0 atom stereocenters. The van der Waals surface area contributed by atoms with Crippen molar-refractivity contribution in [1.82, 2.24) is 15.1 Å². The van der Waals surface area contributed by atoms with Crippen molar-refractivity contribution in [3.05, 3.63) is 12.2 Å². The Hall–Kier alpha value is -1.36. The number of nitrogens with zero attached hydrogens (tertiary/aromatic N) is 2. The second-order valence-corrected chi connectivity index (χ2v) is 4.60. The quantitative estimate of drug-likeness (QED) is 0.536. The Bertz CT molecular complexity index is 326. The van der Waals surface area contributed by atoms with Crippen LogP contribution in [0.3, 0.4) is 0 Å². The maximum Gasteiger partial charge on any atom is 0.312 e. The first kappa shape index (κ1) is 13.7. The number of hydrogen-bond acceptors (Lipinski definition) is 3. The van der Waals surface area contributed by atoms with Crippen molar-refractivity contribution in [3.63, 3.8) is 0 Å². The number of amides is 2. The molecular weight excluding hydrogens is 218 g/mol. The van der Waals surface area contributed by atoms with Crippen molar-refractivity contribution in [1.29, 1.82) is 0 Å². The predicted molar refractivity (Wildman–Crippen MR) is 66.5 cm³/mol. The van der Waals surface area contributed by atoms with Gasteiger partial charge in [0, 0.05) is 32.2 Å². The van der Waals surface area contributed by atoms with Gasteiger partial charge in [0.15, 0.2) is 0 Å². The molecule has 0 radical (unpaired) electrons. The van der Waals surface area contributed by atoms with Gasteiger partial charge >= 0.3 is 11.8 Å². The summed E-state index contributed by atoms with van der Waals surface area (Å²) in [6, 6.07) is 0.0779. The van der Waals surface area contributed by atoms with Gasteiger partial charge in [0.05, 0.1) is 0 Å². The molecule has 1 heterocycles. The van der Waals surface area contributed by atoms with Crippen LogP contribution < -0.4 is 5.32 Å². The van der Waals surface area contributed by atoms with E-state index in [1.165, 1.54) is 0 Å². The van der Waals surface area contributed by atoms with Crippen molar-refractivity contribution in [2.24, 2.45) is 0 Å². The van der Waals surface area contributed by atoms with E-state index in [4.69, 9.17) is 0 Å². The molecule has 0 aromatic carbocycles. The van der Waals surface area contributed by atoms with Crippen LogP contribution >= 0.6 is 0 Å². The third-order valence-electron chi connectivity index (χ3n) is 2.81. The molecular formula is C12H21N3O2. The number of rotatable bonds is 5. The molecule has 0 aromatic heterocycles. The zero-order chi connectivity index (χ0) is 13.0. The van der Waals surface area contributed by atoms with Gasteiger partial charge in [-0.3, -0.25) is 9.59 Å². The lowest BCUT2D eigenvalue weighted by Gasteiger charge is -2.36. The average molecular weight is 239 g/mol. The first-order valence-corrected chi connectivity index (χ1v) is 5.88. The molecule has 5 heteroatoms. The van der Waals surface area contributed by atoms with Crippen LogP contribution in [0.25, 0.3) is 0 Å². The van der Waals surface area contributed by atoms with Crippen LogP contribution in [0, 0.1) is 0 Å². The highest BCUT2D eigenvalue weighted by Crippen LogP contribution is 2.10. The Morgan fingerprint density at radius 2 is 2.00 bits per heavy atom. The molecule has 5 nitrogen and oxygen atoms in total.